The number of aliphatic imine (C=N–C) groups is 1. The summed E-state index contributed by atoms with van der Waals surface area (Å²) in [6, 6.07) is 19.6. The molecule has 0 radical (unpaired) electrons. The predicted octanol–water partition coefficient (Wildman–Crippen LogP) is 5.83. The van der Waals surface area contributed by atoms with Gasteiger partial charge in [0.1, 0.15) is 11.6 Å². The Morgan fingerprint density at radius 2 is 1.45 bits per heavy atom. The molecule has 3 rings (SSSR count). The first-order valence-corrected chi connectivity index (χ1v) is 11.3. The molecule has 2 aromatic carbocycles. The van der Waals surface area contributed by atoms with Gasteiger partial charge in [-0.05, 0) is 58.8 Å². The summed E-state index contributed by atoms with van der Waals surface area (Å²) in [6.45, 7) is 5.72. The van der Waals surface area contributed by atoms with Crippen molar-refractivity contribution in [2.45, 2.75) is 70.6 Å². The molecule has 0 bridgehead atoms. The van der Waals surface area contributed by atoms with Crippen molar-refractivity contribution in [3.05, 3.63) is 71.8 Å². The quantitative estimate of drug-likeness (QED) is 0.417. The monoisotopic (exact) mass is 421 g/mol. The van der Waals surface area contributed by atoms with Gasteiger partial charge in [0.15, 0.2) is 0 Å². The van der Waals surface area contributed by atoms with Gasteiger partial charge < -0.3 is 9.47 Å². The van der Waals surface area contributed by atoms with E-state index in [-0.39, 0.29) is 5.97 Å². The predicted molar refractivity (Wildman–Crippen MR) is 126 cm³/mol. The van der Waals surface area contributed by atoms with Gasteiger partial charge in [0.25, 0.3) is 0 Å². The summed E-state index contributed by atoms with van der Waals surface area (Å²) in [7, 11) is 1.78. The van der Waals surface area contributed by atoms with E-state index in [9.17, 15) is 4.79 Å². The van der Waals surface area contributed by atoms with Crippen LogP contribution in [-0.4, -0.2) is 36.5 Å². The lowest BCUT2D eigenvalue weighted by molar-refractivity contribution is -0.156. The van der Waals surface area contributed by atoms with Gasteiger partial charge in [0.05, 0.1) is 11.8 Å². The fraction of sp³-hybridized carbons (Fsp3) is 0.481. The van der Waals surface area contributed by atoms with Crippen molar-refractivity contribution < 1.29 is 14.3 Å². The second kappa shape index (κ2) is 10.7. The minimum absolute atomic E-state index is 0.245. The molecule has 2 aromatic rings. The van der Waals surface area contributed by atoms with Crippen LogP contribution in [0.25, 0.3) is 0 Å². The van der Waals surface area contributed by atoms with Crippen molar-refractivity contribution in [2.24, 2.45) is 10.9 Å². The second-order valence-corrected chi connectivity index (χ2v) is 9.37. The lowest BCUT2D eigenvalue weighted by atomic mass is 9.83. The van der Waals surface area contributed by atoms with Crippen LogP contribution >= 0.6 is 0 Å². The third-order valence-electron chi connectivity index (χ3n) is 5.74. The molecule has 0 amide bonds. The van der Waals surface area contributed by atoms with E-state index in [1.807, 2.05) is 81.4 Å². The molecule has 31 heavy (non-hydrogen) atoms. The molecule has 1 unspecified atom stereocenters. The molecule has 1 aliphatic carbocycles. The summed E-state index contributed by atoms with van der Waals surface area (Å²) in [5.74, 6) is 0.200. The highest BCUT2D eigenvalue weighted by Gasteiger charge is 2.30. The lowest BCUT2D eigenvalue weighted by Crippen LogP contribution is -2.34. The highest BCUT2D eigenvalue weighted by atomic mass is 16.6. The van der Waals surface area contributed by atoms with Gasteiger partial charge in [-0.3, -0.25) is 4.99 Å². The molecule has 4 heteroatoms. The molecule has 1 atom stereocenters. The van der Waals surface area contributed by atoms with Gasteiger partial charge in [-0.25, -0.2) is 4.79 Å². The van der Waals surface area contributed by atoms with E-state index in [0.717, 1.165) is 42.5 Å². The van der Waals surface area contributed by atoms with Gasteiger partial charge >= 0.3 is 5.97 Å². The van der Waals surface area contributed by atoms with Crippen LogP contribution in [0.5, 0.6) is 0 Å². The molecule has 1 fully saturated rings. The van der Waals surface area contributed by atoms with Crippen LogP contribution in [0.15, 0.2) is 65.7 Å². The molecule has 0 saturated heterocycles. The van der Waals surface area contributed by atoms with Gasteiger partial charge in [-0.1, -0.05) is 60.7 Å². The van der Waals surface area contributed by atoms with Crippen LogP contribution in [0, 0.1) is 5.92 Å². The maximum atomic E-state index is 13.2. The highest BCUT2D eigenvalue weighted by molar-refractivity contribution is 6.13. The summed E-state index contributed by atoms with van der Waals surface area (Å²) in [6.07, 6.45) is 5.23. The summed E-state index contributed by atoms with van der Waals surface area (Å²) in [5.41, 5.74) is 2.30. The number of carbonyl (C=O) groups is 1. The standard InChI is InChI=1S/C27H35NO3/c1-27(2,3)31-26(29)24(19-20-15-17-23(30-4)18-16-20)28-25(21-11-7-5-8-12-21)22-13-9-6-10-14-22/h5-14,20,23-24H,15-19H2,1-4H3/t20-,23-,24?. The largest absolute Gasteiger partial charge is 0.458 e. The summed E-state index contributed by atoms with van der Waals surface area (Å²) >= 11 is 0. The molecule has 0 aromatic heterocycles. The third-order valence-corrected chi connectivity index (χ3v) is 5.74. The van der Waals surface area contributed by atoms with Gasteiger partial charge in [-0.15, -0.1) is 0 Å². The average molecular weight is 422 g/mol. The Bertz CT molecular complexity index is 806. The molecule has 0 spiro atoms. The Morgan fingerprint density at radius 3 is 1.90 bits per heavy atom. The van der Waals surface area contributed by atoms with Crippen LogP contribution in [0.1, 0.15) is 64.0 Å². The Labute approximate surface area is 186 Å². The van der Waals surface area contributed by atoms with Crippen LogP contribution in [0.3, 0.4) is 0 Å². The number of nitrogens with zero attached hydrogens (tertiary/aromatic N) is 1. The van der Waals surface area contributed by atoms with E-state index in [1.165, 1.54) is 0 Å². The van der Waals surface area contributed by atoms with Crippen molar-refractivity contribution in [2.75, 3.05) is 7.11 Å². The average Bonchev–Trinajstić information content (AvgIpc) is 2.77. The Balaban J connectivity index is 1.93. The lowest BCUT2D eigenvalue weighted by Gasteiger charge is -2.30. The number of esters is 1. The zero-order chi connectivity index (χ0) is 22.3. The number of benzene rings is 2. The molecule has 4 nitrogen and oxygen atoms in total. The topological polar surface area (TPSA) is 47.9 Å². The normalized spacial score (nSPS) is 20.0. The van der Waals surface area contributed by atoms with Crippen molar-refractivity contribution in [3.63, 3.8) is 0 Å². The fourth-order valence-corrected chi connectivity index (χ4v) is 4.15. The maximum Gasteiger partial charge on any atom is 0.331 e. The van der Waals surface area contributed by atoms with Gasteiger partial charge in [-0.2, -0.15) is 0 Å². The van der Waals surface area contributed by atoms with Crippen LogP contribution < -0.4 is 0 Å². The number of methoxy groups -OCH3 is 1. The molecule has 1 aliphatic rings. The first-order chi connectivity index (χ1) is 14.9. The molecule has 0 aliphatic heterocycles. The zero-order valence-corrected chi connectivity index (χ0v) is 19.2. The van der Waals surface area contributed by atoms with Crippen LogP contribution in [-0.2, 0) is 14.3 Å². The minimum atomic E-state index is -0.543. The maximum absolute atomic E-state index is 13.2. The van der Waals surface area contributed by atoms with E-state index in [0.29, 0.717) is 18.4 Å². The summed E-state index contributed by atoms with van der Waals surface area (Å²) < 4.78 is 11.3. The number of rotatable bonds is 7. The van der Waals surface area contributed by atoms with Crippen molar-refractivity contribution in [3.8, 4) is 0 Å². The smallest absolute Gasteiger partial charge is 0.331 e. The minimum Gasteiger partial charge on any atom is -0.458 e. The molecule has 0 N–H and O–H groups in total. The van der Waals surface area contributed by atoms with Gasteiger partial charge in [0.2, 0.25) is 0 Å². The Hall–Kier alpha value is -2.46. The van der Waals surface area contributed by atoms with E-state index in [1.54, 1.807) is 7.11 Å². The van der Waals surface area contributed by atoms with E-state index >= 15 is 0 Å². The fourth-order valence-electron chi connectivity index (χ4n) is 4.15. The van der Waals surface area contributed by atoms with Crippen LogP contribution in [0.2, 0.25) is 0 Å². The summed E-state index contributed by atoms with van der Waals surface area (Å²) in [5, 5.41) is 0. The Morgan fingerprint density at radius 1 is 0.935 bits per heavy atom. The van der Waals surface area contributed by atoms with Crippen molar-refractivity contribution in [1.29, 1.82) is 0 Å². The number of hydrogen-bond acceptors (Lipinski definition) is 4. The summed E-state index contributed by atoms with van der Waals surface area (Å²) in [4.78, 5) is 18.2. The van der Waals surface area contributed by atoms with Gasteiger partial charge in [0, 0.05) is 18.2 Å². The Kier molecular flexibility index (Phi) is 8.03. The zero-order valence-electron chi connectivity index (χ0n) is 19.2. The number of carbonyl (C=O) groups excluding carboxylic acids is 1. The molecule has 1 saturated carbocycles. The first kappa shape index (κ1) is 23.2. The molecule has 0 heterocycles. The van der Waals surface area contributed by atoms with Crippen LogP contribution in [0.4, 0.5) is 0 Å². The van der Waals surface area contributed by atoms with E-state index in [4.69, 9.17) is 14.5 Å². The third kappa shape index (κ3) is 7.03. The second-order valence-electron chi connectivity index (χ2n) is 9.37. The van der Waals surface area contributed by atoms with Crippen molar-refractivity contribution in [1.82, 2.24) is 0 Å². The van der Waals surface area contributed by atoms with Crippen molar-refractivity contribution >= 4 is 11.7 Å². The highest BCUT2D eigenvalue weighted by Crippen LogP contribution is 2.31. The van der Waals surface area contributed by atoms with E-state index < -0.39 is 11.6 Å². The SMILES string of the molecule is CO[C@H]1CC[C@H](CC(N=C(c2ccccc2)c2ccccc2)C(=O)OC(C)(C)C)CC1. The number of ether oxygens (including phenoxy) is 2. The molecular weight excluding hydrogens is 386 g/mol. The first-order valence-electron chi connectivity index (χ1n) is 11.3. The molecule has 166 valence electrons. The molecular formula is C27H35NO3. The number of hydrogen-bond donors (Lipinski definition) is 0. The van der Waals surface area contributed by atoms with E-state index in [2.05, 4.69) is 0 Å².